The monoisotopic (exact) mass is 416 g/mol. The van der Waals surface area contributed by atoms with Crippen molar-refractivity contribution < 1.29 is 8.42 Å². The van der Waals surface area contributed by atoms with E-state index in [0.29, 0.717) is 41.2 Å². The summed E-state index contributed by atoms with van der Waals surface area (Å²) in [5, 5.41) is 12.9. The first kappa shape index (κ1) is 20.7. The number of aromatic nitrogens is 5. The Morgan fingerprint density at radius 2 is 1.76 bits per heavy atom. The fourth-order valence-electron chi connectivity index (χ4n) is 2.84. The Morgan fingerprint density at radius 1 is 1.00 bits per heavy atom. The first-order valence-corrected chi connectivity index (χ1v) is 10.5. The third-order valence-corrected chi connectivity index (χ3v) is 5.79. The summed E-state index contributed by atoms with van der Waals surface area (Å²) in [6.45, 7) is 7.64. The van der Waals surface area contributed by atoms with Gasteiger partial charge in [0, 0.05) is 25.4 Å². The van der Waals surface area contributed by atoms with Crippen LogP contribution in [0.25, 0.3) is 0 Å². The van der Waals surface area contributed by atoms with Crippen LogP contribution in [0, 0.1) is 27.7 Å². The third-order valence-electron chi connectivity index (χ3n) is 4.06. The summed E-state index contributed by atoms with van der Waals surface area (Å²) < 4.78 is 27.5. The Kier molecular flexibility index (Phi) is 6.09. The zero-order valence-electron chi connectivity index (χ0n) is 16.7. The molecule has 0 aliphatic heterocycles. The molecule has 0 unspecified atom stereocenters. The molecule has 0 fully saturated rings. The predicted octanol–water partition coefficient (Wildman–Crippen LogP) is 1.96. The number of hydrogen-bond acceptors (Lipinski definition) is 8. The van der Waals surface area contributed by atoms with E-state index in [9.17, 15) is 8.42 Å². The van der Waals surface area contributed by atoms with E-state index in [1.165, 1.54) is 0 Å². The average Bonchev–Trinajstić information content (AvgIpc) is 2.97. The number of anilines is 3. The minimum Gasteiger partial charge on any atom is -0.369 e. The van der Waals surface area contributed by atoms with Crippen LogP contribution in [0.4, 0.5) is 17.5 Å². The number of H-pyrrole nitrogens is 1. The summed E-state index contributed by atoms with van der Waals surface area (Å²) in [5.74, 6) is 2.45. The summed E-state index contributed by atoms with van der Waals surface area (Å²) in [5.41, 5.74) is 2.03. The van der Waals surface area contributed by atoms with Crippen molar-refractivity contribution in [2.24, 2.45) is 0 Å². The molecule has 4 N–H and O–H groups in total. The number of aromatic amines is 1. The number of aryl methyl sites for hydroxylation is 4. The average molecular weight is 417 g/mol. The van der Waals surface area contributed by atoms with Gasteiger partial charge in [0.05, 0.1) is 11.4 Å². The first-order chi connectivity index (χ1) is 13.7. The van der Waals surface area contributed by atoms with E-state index in [-0.39, 0.29) is 11.4 Å². The Hall–Kier alpha value is -3.05. The van der Waals surface area contributed by atoms with Crippen molar-refractivity contribution in [2.75, 3.05) is 23.7 Å². The molecule has 3 aromatic heterocycles. The lowest BCUT2D eigenvalue weighted by molar-refractivity contribution is 0.581. The molecule has 0 bridgehead atoms. The predicted molar refractivity (Wildman–Crippen MR) is 111 cm³/mol. The molecular weight excluding hydrogens is 392 g/mol. The maximum atomic E-state index is 12.4. The molecule has 0 radical (unpaired) electrons. The molecule has 154 valence electrons. The molecule has 10 nitrogen and oxygen atoms in total. The quantitative estimate of drug-likeness (QED) is 0.409. The number of nitrogens with one attached hydrogen (secondary N) is 4. The molecule has 0 amide bonds. The fourth-order valence-corrected chi connectivity index (χ4v) is 4.24. The van der Waals surface area contributed by atoms with Crippen LogP contribution in [0.5, 0.6) is 0 Å². The van der Waals surface area contributed by atoms with Crippen molar-refractivity contribution in [2.45, 2.75) is 32.6 Å². The van der Waals surface area contributed by atoms with Gasteiger partial charge in [0.1, 0.15) is 28.2 Å². The molecule has 3 heterocycles. The Labute approximate surface area is 169 Å². The second kappa shape index (κ2) is 8.53. The third kappa shape index (κ3) is 5.27. The van der Waals surface area contributed by atoms with Crippen LogP contribution in [0.2, 0.25) is 0 Å². The zero-order valence-corrected chi connectivity index (χ0v) is 17.6. The Morgan fingerprint density at radius 3 is 2.45 bits per heavy atom. The van der Waals surface area contributed by atoms with E-state index in [2.05, 4.69) is 40.5 Å². The van der Waals surface area contributed by atoms with Gasteiger partial charge >= 0.3 is 0 Å². The highest BCUT2D eigenvalue weighted by Crippen LogP contribution is 2.17. The molecule has 0 aromatic carbocycles. The SMILES string of the molecule is Cc1ccnc(Nc2cc(NCCNS(=O)(=O)c3c(C)n[nH]c3C)nc(C)n2)c1. The normalized spacial score (nSPS) is 11.4. The van der Waals surface area contributed by atoms with E-state index >= 15 is 0 Å². The fraction of sp³-hybridized carbons (Fsp3) is 0.333. The van der Waals surface area contributed by atoms with E-state index in [0.717, 1.165) is 5.56 Å². The van der Waals surface area contributed by atoms with Gasteiger partial charge in [0.25, 0.3) is 0 Å². The molecule has 0 spiro atoms. The molecule has 0 saturated heterocycles. The summed E-state index contributed by atoms with van der Waals surface area (Å²) in [4.78, 5) is 13.1. The van der Waals surface area contributed by atoms with Crippen molar-refractivity contribution in [1.29, 1.82) is 0 Å². The standard InChI is InChI=1S/C18H24N8O2S/c1-11-5-6-19-15(9-11)24-17-10-16(22-14(4)23-17)20-7-8-21-29(27,28)18-12(2)25-26-13(18)3/h5-6,9-10,21H,7-8H2,1-4H3,(H,25,26)(H2,19,20,22,23,24). The lowest BCUT2D eigenvalue weighted by Crippen LogP contribution is -2.29. The molecule has 0 aliphatic rings. The highest BCUT2D eigenvalue weighted by Gasteiger charge is 2.21. The van der Waals surface area contributed by atoms with Crippen molar-refractivity contribution in [3.63, 3.8) is 0 Å². The van der Waals surface area contributed by atoms with Crippen LogP contribution in [0.15, 0.2) is 29.3 Å². The lowest BCUT2D eigenvalue weighted by Gasteiger charge is -2.11. The second-order valence-corrected chi connectivity index (χ2v) is 8.32. The molecule has 29 heavy (non-hydrogen) atoms. The smallest absolute Gasteiger partial charge is 0.244 e. The van der Waals surface area contributed by atoms with Crippen molar-refractivity contribution in [3.8, 4) is 0 Å². The van der Waals surface area contributed by atoms with Crippen molar-refractivity contribution in [3.05, 3.63) is 47.2 Å². The molecule has 0 saturated carbocycles. The first-order valence-electron chi connectivity index (χ1n) is 9.05. The van der Waals surface area contributed by atoms with Gasteiger partial charge < -0.3 is 10.6 Å². The van der Waals surface area contributed by atoms with Crippen molar-refractivity contribution >= 4 is 27.5 Å². The van der Waals surface area contributed by atoms with Gasteiger partial charge in [-0.2, -0.15) is 5.10 Å². The molecule has 0 aliphatic carbocycles. The van der Waals surface area contributed by atoms with Gasteiger partial charge in [-0.25, -0.2) is 28.1 Å². The van der Waals surface area contributed by atoms with Crippen LogP contribution in [-0.2, 0) is 10.0 Å². The van der Waals surface area contributed by atoms with Crippen LogP contribution in [-0.4, -0.2) is 46.7 Å². The number of pyridine rings is 1. The van der Waals surface area contributed by atoms with E-state index in [1.807, 2.05) is 19.1 Å². The molecular formula is C18H24N8O2S. The van der Waals surface area contributed by atoms with Gasteiger partial charge in [0.15, 0.2) is 0 Å². The number of rotatable bonds is 8. The van der Waals surface area contributed by atoms with Crippen LogP contribution < -0.4 is 15.4 Å². The minimum atomic E-state index is -3.63. The lowest BCUT2D eigenvalue weighted by atomic mass is 10.3. The Bertz CT molecular complexity index is 1090. The van der Waals surface area contributed by atoms with Crippen LogP contribution in [0.1, 0.15) is 22.8 Å². The summed E-state index contributed by atoms with van der Waals surface area (Å²) in [7, 11) is -3.63. The zero-order chi connectivity index (χ0) is 21.0. The largest absolute Gasteiger partial charge is 0.369 e. The summed E-state index contributed by atoms with van der Waals surface area (Å²) in [6, 6.07) is 5.58. The summed E-state index contributed by atoms with van der Waals surface area (Å²) >= 11 is 0. The van der Waals surface area contributed by atoms with E-state index < -0.39 is 10.0 Å². The highest BCUT2D eigenvalue weighted by molar-refractivity contribution is 7.89. The minimum absolute atomic E-state index is 0.188. The van der Waals surface area contributed by atoms with Gasteiger partial charge in [0.2, 0.25) is 10.0 Å². The highest BCUT2D eigenvalue weighted by atomic mass is 32.2. The molecule has 3 aromatic rings. The molecule has 3 rings (SSSR count). The molecule has 11 heteroatoms. The van der Waals surface area contributed by atoms with Gasteiger partial charge in [-0.1, -0.05) is 0 Å². The topological polar surface area (TPSA) is 138 Å². The maximum absolute atomic E-state index is 12.4. The summed E-state index contributed by atoms with van der Waals surface area (Å²) in [6.07, 6.45) is 1.72. The second-order valence-electron chi connectivity index (χ2n) is 6.62. The van der Waals surface area contributed by atoms with Crippen LogP contribution in [0.3, 0.4) is 0 Å². The maximum Gasteiger partial charge on any atom is 0.244 e. The van der Waals surface area contributed by atoms with Crippen molar-refractivity contribution in [1.82, 2.24) is 29.9 Å². The number of nitrogens with zero attached hydrogens (tertiary/aromatic N) is 4. The molecule has 0 atom stereocenters. The van der Waals surface area contributed by atoms with Gasteiger partial charge in [-0.3, -0.25) is 5.10 Å². The van der Waals surface area contributed by atoms with Gasteiger partial charge in [-0.05, 0) is 45.4 Å². The van der Waals surface area contributed by atoms with Gasteiger partial charge in [-0.15, -0.1) is 0 Å². The number of sulfonamides is 1. The van der Waals surface area contributed by atoms with Crippen LogP contribution >= 0.6 is 0 Å². The van der Waals surface area contributed by atoms with E-state index in [4.69, 9.17) is 0 Å². The Balaban J connectivity index is 1.60. The van der Waals surface area contributed by atoms with E-state index in [1.54, 1.807) is 33.0 Å². The number of hydrogen-bond donors (Lipinski definition) is 4.